The first-order valence-electron chi connectivity index (χ1n) is 8.06. The van der Waals surface area contributed by atoms with Crippen LogP contribution in [-0.2, 0) is 0 Å². The molecule has 0 aliphatic carbocycles. The monoisotopic (exact) mass is 297 g/mol. The van der Waals surface area contributed by atoms with Crippen molar-refractivity contribution < 1.29 is 4.79 Å². The van der Waals surface area contributed by atoms with Gasteiger partial charge in [-0.2, -0.15) is 0 Å². The lowest BCUT2D eigenvalue weighted by Crippen LogP contribution is -2.39. The molecule has 1 heterocycles. The third kappa shape index (κ3) is 3.38. The summed E-state index contributed by atoms with van der Waals surface area (Å²) < 4.78 is 0. The van der Waals surface area contributed by atoms with Crippen LogP contribution in [-0.4, -0.2) is 29.8 Å². The predicted octanol–water partition coefficient (Wildman–Crippen LogP) is 4.92. The molecule has 2 aromatic rings. The summed E-state index contributed by atoms with van der Waals surface area (Å²) >= 11 is 0. The summed E-state index contributed by atoms with van der Waals surface area (Å²) in [4.78, 5) is 15.3. The summed E-state index contributed by atoms with van der Waals surface area (Å²) in [6, 6.07) is 14.4. The summed E-state index contributed by atoms with van der Waals surface area (Å²) in [6.45, 7) is 4.31. The van der Waals surface area contributed by atoms with Crippen molar-refractivity contribution >= 4 is 16.6 Å². The molecule has 0 aromatic heterocycles. The van der Waals surface area contributed by atoms with E-state index in [4.69, 9.17) is 0 Å². The van der Waals surface area contributed by atoms with Gasteiger partial charge in [-0.25, -0.2) is 0 Å². The Bertz CT molecular complexity index is 628. The quantitative estimate of drug-likeness (QED) is 0.730. The van der Waals surface area contributed by atoms with E-state index < -0.39 is 0 Å². The first-order valence-corrected chi connectivity index (χ1v) is 8.06. The van der Waals surface area contributed by atoms with Gasteiger partial charge in [0, 0.05) is 5.56 Å². The van der Waals surface area contributed by atoms with E-state index in [0.29, 0.717) is 5.78 Å². The molecule has 2 nitrogen and oxygen atoms in total. The molecule has 2 heteroatoms. The Morgan fingerprint density at radius 3 is 2.45 bits per heavy atom. The van der Waals surface area contributed by atoms with Crippen LogP contribution < -0.4 is 0 Å². The molecule has 0 spiro atoms. The van der Waals surface area contributed by atoms with E-state index in [1.54, 1.807) is 0 Å². The largest absolute Gasteiger partial charge is 0.293 e. The predicted molar refractivity (Wildman–Crippen MR) is 94.5 cm³/mol. The standard InChI is InChI=1S/C19H23NO.CH4/c1-2-7-18(20-12-5-6-13-20)19(21)17-11-10-15-8-3-4-9-16(15)14-17;/h3-4,8-11,14,18H,2,5-7,12-13H2,1H3;1H4. The Labute approximate surface area is 134 Å². The first kappa shape index (κ1) is 16.7. The smallest absolute Gasteiger partial charge is 0.179 e. The number of hydrogen-bond donors (Lipinski definition) is 0. The van der Waals surface area contributed by atoms with Gasteiger partial charge in [0.1, 0.15) is 0 Å². The highest BCUT2D eigenvalue weighted by atomic mass is 16.1. The molecule has 1 fully saturated rings. The summed E-state index contributed by atoms with van der Waals surface area (Å²) in [5, 5.41) is 2.35. The SMILES string of the molecule is C.CCCC(C(=O)c1ccc2ccccc2c1)N1CCCC1. The fourth-order valence-electron chi connectivity index (χ4n) is 3.34. The van der Waals surface area contributed by atoms with Gasteiger partial charge in [0.25, 0.3) is 0 Å². The van der Waals surface area contributed by atoms with Crippen LogP contribution in [0.15, 0.2) is 42.5 Å². The number of fused-ring (bicyclic) bond motifs is 1. The minimum atomic E-state index is 0. The van der Waals surface area contributed by atoms with Gasteiger partial charge in [0.05, 0.1) is 6.04 Å². The highest BCUT2D eigenvalue weighted by Gasteiger charge is 2.28. The van der Waals surface area contributed by atoms with Crippen LogP contribution >= 0.6 is 0 Å². The Balaban J connectivity index is 0.00000176. The molecular formula is C20H27NO. The summed E-state index contributed by atoms with van der Waals surface area (Å²) in [7, 11) is 0. The average molecular weight is 297 g/mol. The van der Waals surface area contributed by atoms with Crippen molar-refractivity contribution in [2.45, 2.75) is 46.1 Å². The Hall–Kier alpha value is -1.67. The third-order valence-electron chi connectivity index (χ3n) is 4.48. The Morgan fingerprint density at radius 1 is 1.09 bits per heavy atom. The van der Waals surface area contributed by atoms with E-state index in [1.807, 2.05) is 18.2 Å². The normalized spacial score (nSPS) is 16.4. The number of benzene rings is 2. The van der Waals surface area contributed by atoms with Crippen LogP contribution in [0.4, 0.5) is 0 Å². The number of carbonyl (C=O) groups is 1. The van der Waals surface area contributed by atoms with Gasteiger partial charge < -0.3 is 0 Å². The zero-order valence-corrected chi connectivity index (χ0v) is 12.7. The van der Waals surface area contributed by atoms with Crippen molar-refractivity contribution in [2.24, 2.45) is 0 Å². The number of ketones is 1. The highest BCUT2D eigenvalue weighted by Crippen LogP contribution is 2.22. The fourth-order valence-corrected chi connectivity index (χ4v) is 3.34. The zero-order chi connectivity index (χ0) is 14.7. The van der Waals surface area contributed by atoms with Crippen LogP contribution in [0.25, 0.3) is 10.8 Å². The van der Waals surface area contributed by atoms with Gasteiger partial charge >= 0.3 is 0 Å². The summed E-state index contributed by atoms with van der Waals surface area (Å²) in [5.74, 6) is 0.296. The second-order valence-electron chi connectivity index (χ2n) is 5.97. The number of Topliss-reactive ketones (excluding diaryl/α,β-unsaturated/α-hetero) is 1. The molecule has 0 radical (unpaired) electrons. The average Bonchev–Trinajstić information content (AvgIpc) is 3.05. The van der Waals surface area contributed by atoms with E-state index in [2.05, 4.69) is 36.1 Å². The van der Waals surface area contributed by atoms with E-state index in [9.17, 15) is 4.79 Å². The van der Waals surface area contributed by atoms with Gasteiger partial charge in [-0.1, -0.05) is 57.2 Å². The molecule has 3 rings (SSSR count). The molecule has 2 aromatic carbocycles. The van der Waals surface area contributed by atoms with Crippen molar-refractivity contribution in [3.05, 3.63) is 48.0 Å². The van der Waals surface area contributed by atoms with Crippen LogP contribution in [0.5, 0.6) is 0 Å². The van der Waals surface area contributed by atoms with E-state index >= 15 is 0 Å². The second kappa shape index (κ2) is 7.55. The highest BCUT2D eigenvalue weighted by molar-refractivity contribution is 6.03. The maximum atomic E-state index is 12.9. The summed E-state index contributed by atoms with van der Waals surface area (Å²) in [5.41, 5.74) is 0.860. The number of hydrogen-bond acceptors (Lipinski definition) is 2. The second-order valence-corrected chi connectivity index (χ2v) is 5.97. The van der Waals surface area contributed by atoms with Crippen LogP contribution in [0.1, 0.15) is 50.4 Å². The van der Waals surface area contributed by atoms with Gasteiger partial charge in [-0.05, 0) is 49.2 Å². The van der Waals surface area contributed by atoms with E-state index in [-0.39, 0.29) is 13.5 Å². The third-order valence-corrected chi connectivity index (χ3v) is 4.48. The topological polar surface area (TPSA) is 20.3 Å². The molecule has 1 atom stereocenters. The molecule has 0 amide bonds. The molecule has 118 valence electrons. The van der Waals surface area contributed by atoms with Gasteiger partial charge in [0.2, 0.25) is 0 Å². The van der Waals surface area contributed by atoms with Crippen LogP contribution in [0.3, 0.4) is 0 Å². The molecule has 1 aliphatic rings. The molecule has 0 bridgehead atoms. The van der Waals surface area contributed by atoms with Gasteiger partial charge in [0.15, 0.2) is 5.78 Å². The molecule has 22 heavy (non-hydrogen) atoms. The lowest BCUT2D eigenvalue weighted by atomic mass is 9.97. The van der Waals surface area contributed by atoms with Crippen molar-refractivity contribution in [1.29, 1.82) is 0 Å². The lowest BCUT2D eigenvalue weighted by Gasteiger charge is -2.26. The van der Waals surface area contributed by atoms with Crippen molar-refractivity contribution in [3.8, 4) is 0 Å². The number of likely N-dealkylation sites (tertiary alicyclic amines) is 1. The lowest BCUT2D eigenvalue weighted by molar-refractivity contribution is 0.0837. The first-order chi connectivity index (χ1) is 10.3. The maximum Gasteiger partial charge on any atom is 0.179 e. The Kier molecular flexibility index (Phi) is 5.73. The van der Waals surface area contributed by atoms with Crippen molar-refractivity contribution in [3.63, 3.8) is 0 Å². The van der Waals surface area contributed by atoms with Crippen LogP contribution in [0, 0.1) is 0 Å². The molecular weight excluding hydrogens is 270 g/mol. The van der Waals surface area contributed by atoms with Gasteiger partial charge in [-0.3, -0.25) is 9.69 Å². The van der Waals surface area contributed by atoms with Crippen molar-refractivity contribution in [1.82, 2.24) is 4.90 Å². The maximum absolute atomic E-state index is 12.9. The van der Waals surface area contributed by atoms with Crippen molar-refractivity contribution in [2.75, 3.05) is 13.1 Å². The van der Waals surface area contributed by atoms with E-state index in [0.717, 1.165) is 36.9 Å². The minimum absolute atomic E-state index is 0. The fraction of sp³-hybridized carbons (Fsp3) is 0.450. The molecule has 1 aliphatic heterocycles. The molecule has 1 unspecified atom stereocenters. The zero-order valence-electron chi connectivity index (χ0n) is 12.7. The molecule has 1 saturated heterocycles. The summed E-state index contributed by atoms with van der Waals surface area (Å²) in [6.07, 6.45) is 4.47. The number of carbonyl (C=O) groups excluding carboxylic acids is 1. The Morgan fingerprint density at radius 2 is 1.77 bits per heavy atom. The van der Waals surface area contributed by atoms with E-state index in [1.165, 1.54) is 18.2 Å². The van der Waals surface area contributed by atoms with Gasteiger partial charge in [-0.15, -0.1) is 0 Å². The van der Waals surface area contributed by atoms with Crippen LogP contribution in [0.2, 0.25) is 0 Å². The minimum Gasteiger partial charge on any atom is -0.293 e. The number of nitrogens with zero attached hydrogens (tertiary/aromatic N) is 1. The molecule has 0 saturated carbocycles. The molecule has 0 N–H and O–H groups in total. The number of rotatable bonds is 5.